The Morgan fingerprint density at radius 2 is 2.00 bits per heavy atom. The molecule has 0 unspecified atom stereocenters. The quantitative estimate of drug-likeness (QED) is 0.597. The van der Waals surface area contributed by atoms with E-state index < -0.39 is 0 Å². The van der Waals surface area contributed by atoms with E-state index in [1.165, 1.54) is 0 Å². The normalized spacial score (nSPS) is 11.4. The molecular formula is C18H20N8. The second kappa shape index (κ2) is 6.55. The summed E-state index contributed by atoms with van der Waals surface area (Å²) in [5.74, 6) is 2.86. The largest absolute Gasteiger partial charge is 0.309 e. The summed E-state index contributed by atoms with van der Waals surface area (Å²) in [6.45, 7) is 4.35. The van der Waals surface area contributed by atoms with E-state index in [0.717, 1.165) is 35.0 Å². The topological polar surface area (TPSA) is 85.8 Å². The lowest BCUT2D eigenvalue weighted by Crippen LogP contribution is -2.03. The van der Waals surface area contributed by atoms with E-state index in [9.17, 15) is 0 Å². The van der Waals surface area contributed by atoms with E-state index >= 15 is 0 Å². The SMILES string of the molecule is CC(C)Cc1nnc2cc(-c3ccnc(Nc4ccnn4C)n3)ccn12. The number of rotatable bonds is 5. The zero-order valence-electron chi connectivity index (χ0n) is 15.0. The van der Waals surface area contributed by atoms with Crippen LogP contribution in [0.15, 0.2) is 42.9 Å². The van der Waals surface area contributed by atoms with Crippen molar-refractivity contribution in [2.45, 2.75) is 20.3 Å². The maximum atomic E-state index is 4.60. The molecule has 0 aliphatic rings. The summed E-state index contributed by atoms with van der Waals surface area (Å²) in [5, 5.41) is 15.9. The molecule has 26 heavy (non-hydrogen) atoms. The fourth-order valence-electron chi connectivity index (χ4n) is 2.79. The lowest BCUT2D eigenvalue weighted by molar-refractivity contribution is 0.616. The van der Waals surface area contributed by atoms with Crippen molar-refractivity contribution in [1.82, 2.24) is 34.3 Å². The molecule has 0 fully saturated rings. The third-order valence-electron chi connectivity index (χ3n) is 4.08. The average molecular weight is 348 g/mol. The molecule has 0 atom stereocenters. The molecule has 8 nitrogen and oxygen atoms in total. The van der Waals surface area contributed by atoms with Crippen LogP contribution in [-0.2, 0) is 13.5 Å². The molecule has 132 valence electrons. The van der Waals surface area contributed by atoms with Crippen LogP contribution >= 0.6 is 0 Å². The zero-order chi connectivity index (χ0) is 18.1. The molecule has 0 saturated heterocycles. The van der Waals surface area contributed by atoms with Gasteiger partial charge in [-0.1, -0.05) is 13.8 Å². The molecule has 4 aromatic heterocycles. The second-order valence-electron chi connectivity index (χ2n) is 6.59. The van der Waals surface area contributed by atoms with Crippen LogP contribution in [0.4, 0.5) is 11.8 Å². The maximum absolute atomic E-state index is 4.60. The van der Waals surface area contributed by atoms with Crippen LogP contribution in [0.5, 0.6) is 0 Å². The van der Waals surface area contributed by atoms with Gasteiger partial charge in [0.05, 0.1) is 11.9 Å². The summed E-state index contributed by atoms with van der Waals surface area (Å²) in [4.78, 5) is 8.88. The first kappa shape index (κ1) is 16.2. The summed E-state index contributed by atoms with van der Waals surface area (Å²) in [6.07, 6.45) is 6.35. The Bertz CT molecular complexity index is 1050. The maximum Gasteiger partial charge on any atom is 0.228 e. The van der Waals surface area contributed by atoms with Gasteiger partial charge in [0, 0.05) is 37.5 Å². The highest BCUT2D eigenvalue weighted by Gasteiger charge is 2.10. The minimum atomic E-state index is 0.521. The Morgan fingerprint density at radius 1 is 1.12 bits per heavy atom. The number of hydrogen-bond donors (Lipinski definition) is 1. The molecule has 4 aromatic rings. The fraction of sp³-hybridized carbons (Fsp3) is 0.278. The van der Waals surface area contributed by atoms with Crippen molar-refractivity contribution in [2.75, 3.05) is 5.32 Å². The Morgan fingerprint density at radius 3 is 2.77 bits per heavy atom. The van der Waals surface area contributed by atoms with Gasteiger partial charge in [-0.15, -0.1) is 10.2 Å². The minimum Gasteiger partial charge on any atom is -0.309 e. The average Bonchev–Trinajstić information content (AvgIpc) is 3.21. The number of aryl methyl sites for hydroxylation is 1. The van der Waals surface area contributed by atoms with Gasteiger partial charge in [0.15, 0.2) is 5.65 Å². The highest BCUT2D eigenvalue weighted by atomic mass is 15.3. The highest BCUT2D eigenvalue weighted by molar-refractivity contribution is 5.65. The minimum absolute atomic E-state index is 0.521. The van der Waals surface area contributed by atoms with Gasteiger partial charge in [0.1, 0.15) is 11.6 Å². The van der Waals surface area contributed by atoms with E-state index in [-0.39, 0.29) is 0 Å². The standard InChI is InChI=1S/C18H20N8/c1-12(2)10-16-23-24-17-11-13(6-9-26(16)17)14-4-7-19-18(21-14)22-15-5-8-20-25(15)3/h4-9,11-12H,10H2,1-3H3,(H,19,21,22). The Hall–Kier alpha value is -3.29. The summed E-state index contributed by atoms with van der Waals surface area (Å²) < 4.78 is 3.76. The van der Waals surface area contributed by atoms with Crippen molar-refractivity contribution < 1.29 is 0 Å². The number of hydrogen-bond acceptors (Lipinski definition) is 6. The zero-order valence-corrected chi connectivity index (χ0v) is 15.0. The molecule has 4 heterocycles. The van der Waals surface area contributed by atoms with Gasteiger partial charge in [-0.05, 0) is 24.1 Å². The molecule has 0 aliphatic heterocycles. The predicted octanol–water partition coefficient (Wildman–Crippen LogP) is 2.86. The first-order valence-electron chi connectivity index (χ1n) is 8.52. The lowest BCUT2D eigenvalue weighted by Gasteiger charge is -2.07. The second-order valence-corrected chi connectivity index (χ2v) is 6.59. The van der Waals surface area contributed by atoms with E-state index in [1.54, 1.807) is 17.1 Å². The van der Waals surface area contributed by atoms with Gasteiger partial charge < -0.3 is 5.32 Å². The van der Waals surface area contributed by atoms with E-state index in [1.807, 2.05) is 41.9 Å². The van der Waals surface area contributed by atoms with Crippen LogP contribution in [0.2, 0.25) is 0 Å². The molecular weight excluding hydrogens is 328 g/mol. The van der Waals surface area contributed by atoms with Crippen molar-refractivity contribution in [3.63, 3.8) is 0 Å². The molecule has 0 spiro atoms. The summed E-state index contributed by atoms with van der Waals surface area (Å²) in [5.41, 5.74) is 2.61. The summed E-state index contributed by atoms with van der Waals surface area (Å²) in [6, 6.07) is 7.77. The number of anilines is 2. The molecule has 0 aromatic carbocycles. The molecule has 1 N–H and O–H groups in total. The van der Waals surface area contributed by atoms with Gasteiger partial charge in [0.2, 0.25) is 5.95 Å². The van der Waals surface area contributed by atoms with Crippen molar-refractivity contribution in [2.24, 2.45) is 13.0 Å². The first-order chi connectivity index (χ1) is 12.6. The number of aromatic nitrogens is 7. The van der Waals surface area contributed by atoms with Crippen molar-refractivity contribution in [3.05, 3.63) is 48.7 Å². The summed E-state index contributed by atoms with van der Waals surface area (Å²) in [7, 11) is 1.86. The fourth-order valence-corrected chi connectivity index (χ4v) is 2.79. The molecule has 0 amide bonds. The molecule has 8 heteroatoms. The van der Waals surface area contributed by atoms with Gasteiger partial charge in [-0.2, -0.15) is 5.10 Å². The Kier molecular flexibility index (Phi) is 4.08. The van der Waals surface area contributed by atoms with E-state index in [2.05, 4.69) is 44.4 Å². The monoisotopic (exact) mass is 348 g/mol. The van der Waals surface area contributed by atoms with Crippen LogP contribution < -0.4 is 5.32 Å². The predicted molar refractivity (Wildman–Crippen MR) is 99.0 cm³/mol. The van der Waals surface area contributed by atoms with Gasteiger partial charge in [-0.3, -0.25) is 9.08 Å². The summed E-state index contributed by atoms with van der Waals surface area (Å²) >= 11 is 0. The van der Waals surface area contributed by atoms with E-state index in [4.69, 9.17) is 0 Å². The van der Waals surface area contributed by atoms with Crippen LogP contribution in [-0.4, -0.2) is 34.3 Å². The van der Waals surface area contributed by atoms with Gasteiger partial charge >= 0.3 is 0 Å². The first-order valence-corrected chi connectivity index (χ1v) is 8.52. The number of fused-ring (bicyclic) bond motifs is 1. The Labute approximate surface area is 150 Å². The van der Waals surface area contributed by atoms with E-state index in [0.29, 0.717) is 11.9 Å². The third-order valence-corrected chi connectivity index (χ3v) is 4.08. The van der Waals surface area contributed by atoms with Crippen molar-refractivity contribution >= 4 is 17.4 Å². The number of nitrogens with zero attached hydrogens (tertiary/aromatic N) is 7. The highest BCUT2D eigenvalue weighted by Crippen LogP contribution is 2.21. The van der Waals surface area contributed by atoms with Gasteiger partial charge in [-0.25, -0.2) is 9.97 Å². The molecule has 0 aliphatic carbocycles. The third kappa shape index (κ3) is 3.13. The molecule has 0 saturated carbocycles. The lowest BCUT2D eigenvalue weighted by atomic mass is 10.1. The molecule has 4 rings (SSSR count). The van der Waals surface area contributed by atoms with Gasteiger partial charge in [0.25, 0.3) is 0 Å². The van der Waals surface area contributed by atoms with Crippen LogP contribution in [0.1, 0.15) is 19.7 Å². The number of pyridine rings is 1. The van der Waals surface area contributed by atoms with Crippen molar-refractivity contribution in [1.29, 1.82) is 0 Å². The van der Waals surface area contributed by atoms with Crippen LogP contribution in [0, 0.1) is 5.92 Å². The van der Waals surface area contributed by atoms with Crippen LogP contribution in [0.3, 0.4) is 0 Å². The molecule has 0 bridgehead atoms. The number of nitrogens with one attached hydrogen (secondary N) is 1. The van der Waals surface area contributed by atoms with Crippen molar-refractivity contribution in [3.8, 4) is 11.3 Å². The Balaban J connectivity index is 1.65. The van der Waals surface area contributed by atoms with Crippen LogP contribution in [0.25, 0.3) is 16.9 Å². The molecule has 0 radical (unpaired) electrons. The smallest absolute Gasteiger partial charge is 0.228 e.